The first-order valence-corrected chi connectivity index (χ1v) is 11.0. The molecule has 1 saturated carbocycles. The molecule has 0 bridgehead atoms. The number of nitrogens with zero attached hydrogens (tertiary/aromatic N) is 3. The molecule has 0 saturated heterocycles. The molecule has 6 nitrogen and oxygen atoms in total. The van der Waals surface area contributed by atoms with Crippen LogP contribution in [0.25, 0.3) is 10.9 Å². The van der Waals surface area contributed by atoms with E-state index in [1.165, 1.54) is 0 Å². The first-order valence-electron chi connectivity index (χ1n) is 11.0. The van der Waals surface area contributed by atoms with Crippen LogP contribution in [0, 0.1) is 5.82 Å². The zero-order valence-corrected chi connectivity index (χ0v) is 18.8. The fraction of sp³-hybridized carbons (Fsp3) is 0.375. The maximum absolute atomic E-state index is 13.6. The Balaban J connectivity index is 1.38. The summed E-state index contributed by atoms with van der Waals surface area (Å²) in [5.74, 6) is -0.480. The molecule has 1 aliphatic carbocycles. The lowest BCUT2D eigenvalue weighted by Gasteiger charge is -2.30. The molecule has 2 aromatic carbocycles. The van der Waals surface area contributed by atoms with Crippen LogP contribution >= 0.6 is 0 Å². The van der Waals surface area contributed by atoms with Crippen molar-refractivity contribution in [2.24, 2.45) is 0 Å². The Morgan fingerprint density at radius 3 is 2.35 bits per heavy atom. The summed E-state index contributed by atoms with van der Waals surface area (Å²) < 4.78 is 52.4. The van der Waals surface area contributed by atoms with Crippen molar-refractivity contribution in [3.05, 3.63) is 59.4 Å². The lowest BCUT2D eigenvalue weighted by molar-refractivity contribution is -0.137. The number of anilines is 2. The summed E-state index contributed by atoms with van der Waals surface area (Å²) in [7, 11) is 3.84. The van der Waals surface area contributed by atoms with E-state index < -0.39 is 23.5 Å². The normalized spacial score (nSPS) is 18.5. The monoisotopic (exact) mass is 475 g/mol. The molecule has 0 aliphatic heterocycles. The third kappa shape index (κ3) is 5.37. The van der Waals surface area contributed by atoms with Crippen LogP contribution in [0.5, 0.6) is 0 Å². The predicted octanol–water partition coefficient (Wildman–Crippen LogP) is 5.01. The number of benzene rings is 2. The lowest BCUT2D eigenvalue weighted by atomic mass is 9.91. The van der Waals surface area contributed by atoms with Gasteiger partial charge in [-0.05, 0) is 56.0 Å². The molecule has 2 N–H and O–H groups in total. The number of rotatable bonds is 5. The molecular weight excluding hydrogens is 450 g/mol. The molecule has 0 radical (unpaired) electrons. The molecule has 1 amide bonds. The number of carbonyl (C=O) groups excluding carboxylic acids is 1. The van der Waals surface area contributed by atoms with Crippen molar-refractivity contribution in [2.75, 3.05) is 24.3 Å². The molecule has 0 unspecified atom stereocenters. The Kier molecular flexibility index (Phi) is 6.58. The Morgan fingerprint density at radius 1 is 1.00 bits per heavy atom. The molecule has 1 aromatic heterocycles. The van der Waals surface area contributed by atoms with E-state index in [1.807, 2.05) is 43.3 Å². The van der Waals surface area contributed by atoms with Crippen molar-refractivity contribution < 1.29 is 22.4 Å². The van der Waals surface area contributed by atoms with Gasteiger partial charge >= 0.3 is 6.18 Å². The summed E-state index contributed by atoms with van der Waals surface area (Å²) in [5.41, 5.74) is -0.690. The number of nitrogens with one attached hydrogen (secondary N) is 2. The number of halogens is 4. The Bertz CT molecular complexity index is 1190. The standard InChI is InChI=1S/C24H25F4N5O/c1-33(2)21-19-5-3-4-6-20(19)31-23(32-21)30-18-9-7-17(8-10-18)29-22(34)14-11-15(24(26,27)28)13-16(25)12-14/h3-6,11-13,17-18H,7-10H2,1-2H3,(H,29,34)(H,30,31,32)/t17-,18+. The van der Waals surface area contributed by atoms with E-state index >= 15 is 0 Å². The zero-order valence-electron chi connectivity index (χ0n) is 18.8. The first-order chi connectivity index (χ1) is 16.1. The molecule has 0 atom stereocenters. The Morgan fingerprint density at radius 2 is 1.68 bits per heavy atom. The lowest BCUT2D eigenvalue weighted by Crippen LogP contribution is -2.40. The van der Waals surface area contributed by atoms with Crippen molar-refractivity contribution in [1.82, 2.24) is 15.3 Å². The summed E-state index contributed by atoms with van der Waals surface area (Å²) in [6.07, 6.45) is -2.04. The number of carbonyl (C=O) groups is 1. The van der Waals surface area contributed by atoms with E-state index in [0.29, 0.717) is 30.9 Å². The summed E-state index contributed by atoms with van der Waals surface area (Å²) in [6, 6.07) is 9.51. The molecule has 180 valence electrons. The van der Waals surface area contributed by atoms with Crippen LogP contribution in [0.2, 0.25) is 0 Å². The van der Waals surface area contributed by atoms with Crippen LogP contribution in [0.3, 0.4) is 0 Å². The topological polar surface area (TPSA) is 70.2 Å². The van der Waals surface area contributed by atoms with Gasteiger partial charge in [0.2, 0.25) is 5.95 Å². The van der Waals surface area contributed by atoms with Gasteiger partial charge in [-0.1, -0.05) is 12.1 Å². The van der Waals surface area contributed by atoms with Gasteiger partial charge in [-0.2, -0.15) is 18.2 Å². The van der Waals surface area contributed by atoms with Gasteiger partial charge in [0.05, 0.1) is 11.1 Å². The number of para-hydroxylation sites is 1. The minimum Gasteiger partial charge on any atom is -0.362 e. The maximum Gasteiger partial charge on any atom is 0.416 e. The quantitative estimate of drug-likeness (QED) is 0.508. The van der Waals surface area contributed by atoms with Crippen molar-refractivity contribution in [1.29, 1.82) is 0 Å². The van der Waals surface area contributed by atoms with E-state index in [9.17, 15) is 22.4 Å². The average Bonchev–Trinajstić information content (AvgIpc) is 2.78. The molecule has 0 spiro atoms. The Hall–Kier alpha value is -3.43. The van der Waals surface area contributed by atoms with Crippen molar-refractivity contribution in [2.45, 2.75) is 43.9 Å². The molecule has 1 aliphatic rings. The second kappa shape index (κ2) is 9.44. The molecule has 10 heteroatoms. The highest BCUT2D eigenvalue weighted by molar-refractivity contribution is 5.94. The van der Waals surface area contributed by atoms with Crippen molar-refractivity contribution in [3.8, 4) is 0 Å². The Labute approximate surface area is 194 Å². The highest BCUT2D eigenvalue weighted by Gasteiger charge is 2.32. The highest BCUT2D eigenvalue weighted by atomic mass is 19.4. The number of fused-ring (bicyclic) bond motifs is 1. The zero-order chi connectivity index (χ0) is 24.5. The highest BCUT2D eigenvalue weighted by Crippen LogP contribution is 2.31. The molecular formula is C24H25F4N5O. The van der Waals surface area contributed by atoms with E-state index in [4.69, 9.17) is 0 Å². The SMILES string of the molecule is CN(C)c1nc(N[C@H]2CC[C@@H](NC(=O)c3cc(F)cc(C(F)(F)F)c3)CC2)nc2ccccc12. The number of hydrogen-bond donors (Lipinski definition) is 2. The fourth-order valence-corrected chi connectivity index (χ4v) is 4.18. The second-order valence-electron chi connectivity index (χ2n) is 8.68. The van der Waals surface area contributed by atoms with Crippen LogP contribution in [0.4, 0.5) is 29.3 Å². The smallest absolute Gasteiger partial charge is 0.362 e. The summed E-state index contributed by atoms with van der Waals surface area (Å²) in [5, 5.41) is 7.06. The first kappa shape index (κ1) is 23.7. The van der Waals surface area contributed by atoms with Gasteiger partial charge < -0.3 is 15.5 Å². The van der Waals surface area contributed by atoms with Crippen LogP contribution < -0.4 is 15.5 Å². The van der Waals surface area contributed by atoms with Crippen LogP contribution in [0.15, 0.2) is 42.5 Å². The second-order valence-corrected chi connectivity index (χ2v) is 8.68. The number of amides is 1. The van der Waals surface area contributed by atoms with E-state index in [-0.39, 0.29) is 17.6 Å². The average molecular weight is 475 g/mol. The van der Waals surface area contributed by atoms with Crippen LogP contribution in [-0.4, -0.2) is 42.1 Å². The molecule has 1 heterocycles. The van der Waals surface area contributed by atoms with E-state index in [2.05, 4.69) is 20.6 Å². The summed E-state index contributed by atoms with van der Waals surface area (Å²) in [6.45, 7) is 0. The predicted molar refractivity (Wildman–Crippen MR) is 122 cm³/mol. The number of aromatic nitrogens is 2. The van der Waals surface area contributed by atoms with Crippen LogP contribution in [-0.2, 0) is 6.18 Å². The number of hydrogen-bond acceptors (Lipinski definition) is 5. The van der Waals surface area contributed by atoms with Gasteiger partial charge in [-0.3, -0.25) is 4.79 Å². The van der Waals surface area contributed by atoms with Gasteiger partial charge in [-0.25, -0.2) is 9.37 Å². The minimum absolute atomic E-state index is 0.0929. The van der Waals surface area contributed by atoms with E-state index in [1.54, 1.807) is 0 Å². The van der Waals surface area contributed by atoms with Gasteiger partial charge in [0, 0.05) is 37.1 Å². The summed E-state index contributed by atoms with van der Waals surface area (Å²) >= 11 is 0. The minimum atomic E-state index is -4.72. The third-order valence-corrected chi connectivity index (χ3v) is 5.89. The summed E-state index contributed by atoms with van der Waals surface area (Å²) in [4.78, 5) is 23.6. The largest absolute Gasteiger partial charge is 0.416 e. The van der Waals surface area contributed by atoms with Gasteiger partial charge in [-0.15, -0.1) is 0 Å². The van der Waals surface area contributed by atoms with Crippen LogP contribution in [0.1, 0.15) is 41.6 Å². The fourth-order valence-electron chi connectivity index (χ4n) is 4.18. The molecule has 1 fully saturated rings. The molecule has 34 heavy (non-hydrogen) atoms. The number of alkyl halides is 3. The molecule has 3 aromatic rings. The van der Waals surface area contributed by atoms with E-state index in [0.717, 1.165) is 35.6 Å². The maximum atomic E-state index is 13.6. The van der Waals surface area contributed by atoms with Gasteiger partial charge in [0.1, 0.15) is 11.6 Å². The van der Waals surface area contributed by atoms with Gasteiger partial charge in [0.15, 0.2) is 0 Å². The van der Waals surface area contributed by atoms with Crippen molar-refractivity contribution in [3.63, 3.8) is 0 Å². The third-order valence-electron chi connectivity index (χ3n) is 5.89. The molecule has 4 rings (SSSR count). The van der Waals surface area contributed by atoms with Gasteiger partial charge in [0.25, 0.3) is 5.91 Å². The van der Waals surface area contributed by atoms with Crippen molar-refractivity contribution >= 4 is 28.6 Å².